The third-order valence-corrected chi connectivity index (χ3v) is 3.28. The highest BCUT2D eigenvalue weighted by atomic mass is 127. The number of hydrogen-bond acceptors (Lipinski definition) is 2. The van der Waals surface area contributed by atoms with Crippen LogP contribution in [0.25, 0.3) is 0 Å². The third-order valence-electron chi connectivity index (χ3n) is 2.09. The summed E-state index contributed by atoms with van der Waals surface area (Å²) in [5, 5.41) is 2.78. The van der Waals surface area contributed by atoms with Crippen LogP contribution < -0.4 is 5.32 Å². The highest BCUT2D eigenvalue weighted by Crippen LogP contribution is 2.12. The van der Waals surface area contributed by atoms with Crippen LogP contribution in [-0.2, 0) is 0 Å². The minimum atomic E-state index is -0.134. The number of rotatable bonds is 2. The number of halogens is 2. The molecule has 1 aromatic heterocycles. The molecular weight excluding hydrogens is 395 g/mol. The summed E-state index contributed by atoms with van der Waals surface area (Å²) in [5.74, 6) is -0.134. The van der Waals surface area contributed by atoms with Gasteiger partial charge >= 0.3 is 0 Å². The van der Waals surface area contributed by atoms with E-state index in [1.807, 2.05) is 12.1 Å². The molecule has 2 aromatic rings. The lowest BCUT2D eigenvalue weighted by Crippen LogP contribution is -2.11. The number of aromatic nitrogens is 1. The van der Waals surface area contributed by atoms with E-state index < -0.39 is 0 Å². The van der Waals surface area contributed by atoms with E-state index in [0.717, 1.165) is 8.17 Å². The van der Waals surface area contributed by atoms with Gasteiger partial charge in [0.15, 0.2) is 0 Å². The fourth-order valence-electron chi connectivity index (χ4n) is 1.25. The topological polar surface area (TPSA) is 42.0 Å². The van der Waals surface area contributed by atoms with Gasteiger partial charge < -0.3 is 5.32 Å². The zero-order chi connectivity index (χ0) is 12.3. The average molecular weight is 403 g/mol. The molecule has 0 aliphatic carbocycles. The molecule has 0 atom stereocenters. The summed E-state index contributed by atoms with van der Waals surface area (Å²) in [6.45, 7) is 0. The zero-order valence-electron chi connectivity index (χ0n) is 8.65. The molecule has 0 aliphatic rings. The van der Waals surface area contributed by atoms with E-state index in [-0.39, 0.29) is 5.91 Å². The molecule has 0 bridgehead atoms. The minimum absolute atomic E-state index is 0.134. The zero-order valence-corrected chi connectivity index (χ0v) is 12.4. The Balaban J connectivity index is 2.11. The molecule has 17 heavy (non-hydrogen) atoms. The summed E-state index contributed by atoms with van der Waals surface area (Å²) >= 11 is 5.44. The SMILES string of the molecule is O=C(Nc1ccc(Br)nc1)c1ccc(I)cc1. The smallest absolute Gasteiger partial charge is 0.255 e. The van der Waals surface area contributed by atoms with Gasteiger partial charge in [0.2, 0.25) is 0 Å². The van der Waals surface area contributed by atoms with E-state index in [2.05, 4.69) is 48.8 Å². The summed E-state index contributed by atoms with van der Waals surface area (Å²) in [6, 6.07) is 11.0. The predicted molar refractivity (Wildman–Crippen MR) is 79.0 cm³/mol. The Hall–Kier alpha value is -0.950. The standard InChI is InChI=1S/C12H8BrIN2O/c13-11-6-5-10(7-15-11)16-12(17)8-1-3-9(14)4-2-8/h1-7H,(H,16,17). The van der Waals surface area contributed by atoms with Crippen molar-refractivity contribution in [2.75, 3.05) is 5.32 Å². The molecule has 0 saturated heterocycles. The van der Waals surface area contributed by atoms with Crippen molar-refractivity contribution in [3.8, 4) is 0 Å². The van der Waals surface area contributed by atoms with Crippen molar-refractivity contribution in [1.82, 2.24) is 4.98 Å². The molecule has 2 rings (SSSR count). The second-order valence-electron chi connectivity index (χ2n) is 3.33. The molecule has 0 saturated carbocycles. The quantitative estimate of drug-likeness (QED) is 0.614. The molecular formula is C12H8BrIN2O. The van der Waals surface area contributed by atoms with Gasteiger partial charge in [-0.1, -0.05) is 0 Å². The van der Waals surface area contributed by atoms with Crippen LogP contribution in [0.1, 0.15) is 10.4 Å². The maximum Gasteiger partial charge on any atom is 0.255 e. The van der Waals surface area contributed by atoms with Crippen molar-refractivity contribution in [3.63, 3.8) is 0 Å². The minimum Gasteiger partial charge on any atom is -0.321 e. The number of anilines is 1. The third kappa shape index (κ3) is 3.50. The van der Waals surface area contributed by atoms with Crippen LogP contribution in [-0.4, -0.2) is 10.9 Å². The molecule has 0 spiro atoms. The molecule has 1 aromatic carbocycles. The van der Waals surface area contributed by atoms with Gasteiger partial charge in [-0.05, 0) is 74.9 Å². The summed E-state index contributed by atoms with van der Waals surface area (Å²) in [6.07, 6.45) is 1.61. The van der Waals surface area contributed by atoms with Gasteiger partial charge in [-0.3, -0.25) is 4.79 Å². The summed E-state index contributed by atoms with van der Waals surface area (Å²) < 4.78 is 1.84. The van der Waals surface area contributed by atoms with Gasteiger partial charge in [-0.2, -0.15) is 0 Å². The Morgan fingerprint density at radius 1 is 1.18 bits per heavy atom. The van der Waals surface area contributed by atoms with Gasteiger partial charge in [0.1, 0.15) is 4.60 Å². The molecule has 0 aliphatic heterocycles. The van der Waals surface area contributed by atoms with Crippen molar-refractivity contribution < 1.29 is 4.79 Å². The van der Waals surface area contributed by atoms with Crippen LogP contribution >= 0.6 is 38.5 Å². The van der Waals surface area contributed by atoms with Crippen LogP contribution in [0.2, 0.25) is 0 Å². The second kappa shape index (κ2) is 5.59. The summed E-state index contributed by atoms with van der Waals surface area (Å²) in [7, 11) is 0. The first-order chi connectivity index (χ1) is 8.15. The van der Waals surface area contributed by atoms with Crippen molar-refractivity contribution in [2.45, 2.75) is 0 Å². The van der Waals surface area contributed by atoms with E-state index in [1.165, 1.54) is 0 Å². The first kappa shape index (κ1) is 12.5. The van der Waals surface area contributed by atoms with Crippen LogP contribution in [0.3, 0.4) is 0 Å². The normalized spacial score (nSPS) is 10.0. The molecule has 0 fully saturated rings. The average Bonchev–Trinajstić information content (AvgIpc) is 2.33. The molecule has 3 nitrogen and oxygen atoms in total. The molecule has 1 amide bonds. The van der Waals surface area contributed by atoms with Crippen molar-refractivity contribution in [2.24, 2.45) is 0 Å². The van der Waals surface area contributed by atoms with Crippen LogP contribution in [0.5, 0.6) is 0 Å². The molecule has 0 radical (unpaired) electrons. The van der Waals surface area contributed by atoms with Crippen molar-refractivity contribution in [1.29, 1.82) is 0 Å². The van der Waals surface area contributed by atoms with E-state index >= 15 is 0 Å². The van der Waals surface area contributed by atoms with Crippen molar-refractivity contribution >= 4 is 50.1 Å². The van der Waals surface area contributed by atoms with E-state index in [0.29, 0.717) is 11.3 Å². The summed E-state index contributed by atoms with van der Waals surface area (Å²) in [5.41, 5.74) is 1.31. The predicted octanol–water partition coefficient (Wildman–Crippen LogP) is 3.70. The number of nitrogens with one attached hydrogen (secondary N) is 1. The number of benzene rings is 1. The number of carbonyl (C=O) groups excluding carboxylic acids is 1. The van der Waals surface area contributed by atoms with Gasteiger partial charge in [-0.25, -0.2) is 4.98 Å². The number of carbonyl (C=O) groups is 1. The van der Waals surface area contributed by atoms with Gasteiger partial charge in [0.25, 0.3) is 5.91 Å². The maximum atomic E-state index is 11.9. The van der Waals surface area contributed by atoms with Gasteiger partial charge in [-0.15, -0.1) is 0 Å². The van der Waals surface area contributed by atoms with Crippen LogP contribution in [0, 0.1) is 3.57 Å². The Kier molecular flexibility index (Phi) is 4.11. The van der Waals surface area contributed by atoms with E-state index in [4.69, 9.17) is 0 Å². The van der Waals surface area contributed by atoms with Gasteiger partial charge in [0, 0.05) is 9.13 Å². The lowest BCUT2D eigenvalue weighted by atomic mass is 10.2. The molecule has 0 unspecified atom stereocenters. The number of amides is 1. The number of hydrogen-bond donors (Lipinski definition) is 1. The largest absolute Gasteiger partial charge is 0.321 e. The Bertz CT molecular complexity index is 525. The fraction of sp³-hybridized carbons (Fsp3) is 0. The summed E-state index contributed by atoms with van der Waals surface area (Å²) in [4.78, 5) is 15.9. The lowest BCUT2D eigenvalue weighted by Gasteiger charge is -2.04. The molecule has 5 heteroatoms. The number of nitrogens with zero attached hydrogens (tertiary/aromatic N) is 1. The maximum absolute atomic E-state index is 11.9. The van der Waals surface area contributed by atoms with Crippen LogP contribution in [0.15, 0.2) is 47.2 Å². The molecule has 86 valence electrons. The highest BCUT2D eigenvalue weighted by molar-refractivity contribution is 14.1. The van der Waals surface area contributed by atoms with E-state index in [9.17, 15) is 4.79 Å². The first-order valence-electron chi connectivity index (χ1n) is 4.83. The lowest BCUT2D eigenvalue weighted by molar-refractivity contribution is 0.102. The van der Waals surface area contributed by atoms with E-state index in [1.54, 1.807) is 30.5 Å². The highest BCUT2D eigenvalue weighted by Gasteiger charge is 2.05. The molecule has 1 heterocycles. The number of pyridine rings is 1. The fourth-order valence-corrected chi connectivity index (χ4v) is 1.85. The monoisotopic (exact) mass is 402 g/mol. The second-order valence-corrected chi connectivity index (χ2v) is 5.39. The van der Waals surface area contributed by atoms with Crippen molar-refractivity contribution in [3.05, 3.63) is 56.3 Å². The Labute approximate surface area is 121 Å². The Morgan fingerprint density at radius 2 is 1.88 bits per heavy atom. The van der Waals surface area contributed by atoms with Gasteiger partial charge in [0.05, 0.1) is 11.9 Å². The first-order valence-corrected chi connectivity index (χ1v) is 6.71. The molecule has 1 N–H and O–H groups in total. The van der Waals surface area contributed by atoms with Crippen LogP contribution in [0.4, 0.5) is 5.69 Å². The Morgan fingerprint density at radius 3 is 2.47 bits per heavy atom.